The number of rotatable bonds is 2. The summed E-state index contributed by atoms with van der Waals surface area (Å²) in [5.74, 6) is 0. The molecular formula is C15H24N2O. The van der Waals surface area contributed by atoms with Gasteiger partial charge in [0.2, 0.25) is 0 Å². The molecule has 0 radical (unpaired) electrons. The van der Waals surface area contributed by atoms with E-state index in [9.17, 15) is 0 Å². The fourth-order valence-electron chi connectivity index (χ4n) is 2.81. The molecule has 0 amide bonds. The van der Waals surface area contributed by atoms with Crippen LogP contribution in [0.3, 0.4) is 0 Å². The Hall–Kier alpha value is -1.06. The van der Waals surface area contributed by atoms with E-state index in [2.05, 4.69) is 56.9 Å². The third-order valence-electron chi connectivity index (χ3n) is 3.23. The Kier molecular flexibility index (Phi) is 3.39. The molecular weight excluding hydrogens is 224 g/mol. The maximum Gasteiger partial charge on any atom is 0.0808 e. The van der Waals surface area contributed by atoms with Gasteiger partial charge in [0.15, 0.2) is 0 Å². The Bertz CT molecular complexity index is 393. The zero-order chi connectivity index (χ0) is 13.4. The molecule has 1 saturated heterocycles. The van der Waals surface area contributed by atoms with Crippen LogP contribution < -0.4 is 10.6 Å². The van der Waals surface area contributed by atoms with Gasteiger partial charge in [0, 0.05) is 25.3 Å². The van der Waals surface area contributed by atoms with Crippen molar-refractivity contribution in [3.05, 3.63) is 29.8 Å². The molecule has 2 rings (SSSR count). The van der Waals surface area contributed by atoms with Crippen molar-refractivity contribution in [2.45, 2.75) is 45.4 Å². The van der Waals surface area contributed by atoms with Crippen molar-refractivity contribution < 1.29 is 4.74 Å². The van der Waals surface area contributed by atoms with E-state index >= 15 is 0 Å². The summed E-state index contributed by atoms with van der Waals surface area (Å²) < 4.78 is 6.10. The molecule has 100 valence electrons. The van der Waals surface area contributed by atoms with Crippen molar-refractivity contribution >= 4 is 5.69 Å². The van der Waals surface area contributed by atoms with Gasteiger partial charge in [0.05, 0.1) is 11.2 Å². The lowest BCUT2D eigenvalue weighted by molar-refractivity contribution is -0.133. The van der Waals surface area contributed by atoms with E-state index in [4.69, 9.17) is 10.5 Å². The minimum atomic E-state index is -0.117. The number of nitrogens with zero attached hydrogens (tertiary/aromatic N) is 1. The smallest absolute Gasteiger partial charge is 0.0808 e. The number of anilines is 1. The summed E-state index contributed by atoms with van der Waals surface area (Å²) in [5, 5.41) is 0. The highest BCUT2D eigenvalue weighted by atomic mass is 16.5. The Morgan fingerprint density at radius 1 is 1.06 bits per heavy atom. The van der Waals surface area contributed by atoms with E-state index in [1.165, 1.54) is 11.3 Å². The van der Waals surface area contributed by atoms with Crippen LogP contribution in [0.5, 0.6) is 0 Å². The molecule has 0 atom stereocenters. The van der Waals surface area contributed by atoms with E-state index < -0.39 is 0 Å². The standard InChI is InChI=1S/C15H24N2O/c1-14(2)10-17(11-15(3,4)18-14)13-7-5-12(9-16)6-8-13/h5-8H,9-11,16H2,1-4H3. The first-order valence-corrected chi connectivity index (χ1v) is 6.55. The topological polar surface area (TPSA) is 38.5 Å². The van der Waals surface area contributed by atoms with E-state index in [1.807, 2.05) is 0 Å². The molecule has 1 fully saturated rings. The van der Waals surface area contributed by atoms with Crippen molar-refractivity contribution in [3.8, 4) is 0 Å². The van der Waals surface area contributed by atoms with Gasteiger partial charge in [-0.15, -0.1) is 0 Å². The van der Waals surface area contributed by atoms with Gasteiger partial charge < -0.3 is 15.4 Å². The molecule has 0 saturated carbocycles. The van der Waals surface area contributed by atoms with E-state index in [-0.39, 0.29) is 11.2 Å². The molecule has 0 unspecified atom stereocenters. The van der Waals surface area contributed by atoms with Crippen LogP contribution >= 0.6 is 0 Å². The maximum atomic E-state index is 6.10. The van der Waals surface area contributed by atoms with Crippen LogP contribution in [-0.4, -0.2) is 24.3 Å². The highest BCUT2D eigenvalue weighted by molar-refractivity contribution is 5.49. The average Bonchev–Trinajstić information content (AvgIpc) is 2.25. The van der Waals surface area contributed by atoms with Crippen molar-refractivity contribution in [3.63, 3.8) is 0 Å². The van der Waals surface area contributed by atoms with Crippen LogP contribution in [0.1, 0.15) is 33.3 Å². The number of nitrogens with two attached hydrogens (primary N) is 1. The summed E-state index contributed by atoms with van der Waals surface area (Å²) in [5.41, 5.74) is 7.82. The number of hydrogen-bond acceptors (Lipinski definition) is 3. The fourth-order valence-corrected chi connectivity index (χ4v) is 2.81. The highest BCUT2D eigenvalue weighted by Crippen LogP contribution is 2.31. The van der Waals surface area contributed by atoms with Crippen LogP contribution in [0.2, 0.25) is 0 Å². The summed E-state index contributed by atoms with van der Waals surface area (Å²) in [4.78, 5) is 2.39. The third-order valence-corrected chi connectivity index (χ3v) is 3.23. The Morgan fingerprint density at radius 3 is 2.00 bits per heavy atom. The summed E-state index contributed by atoms with van der Waals surface area (Å²) in [6.45, 7) is 11.0. The Labute approximate surface area is 110 Å². The Morgan fingerprint density at radius 2 is 1.56 bits per heavy atom. The number of hydrogen-bond donors (Lipinski definition) is 1. The summed E-state index contributed by atoms with van der Waals surface area (Å²) >= 11 is 0. The van der Waals surface area contributed by atoms with Gasteiger partial charge in [-0.1, -0.05) is 12.1 Å². The molecule has 1 aromatic carbocycles. The van der Waals surface area contributed by atoms with Crippen molar-refractivity contribution in [1.29, 1.82) is 0 Å². The van der Waals surface area contributed by atoms with Gasteiger partial charge in [-0.05, 0) is 45.4 Å². The van der Waals surface area contributed by atoms with Gasteiger partial charge in [-0.25, -0.2) is 0 Å². The second kappa shape index (κ2) is 4.56. The third kappa shape index (κ3) is 3.03. The van der Waals surface area contributed by atoms with E-state index in [0.29, 0.717) is 6.54 Å². The lowest BCUT2D eigenvalue weighted by Crippen LogP contribution is -2.57. The molecule has 1 heterocycles. The number of benzene rings is 1. The first-order valence-electron chi connectivity index (χ1n) is 6.55. The van der Waals surface area contributed by atoms with Crippen LogP contribution in [-0.2, 0) is 11.3 Å². The van der Waals surface area contributed by atoms with Crippen LogP contribution in [0.25, 0.3) is 0 Å². The quantitative estimate of drug-likeness (QED) is 0.874. The SMILES string of the molecule is CC1(C)CN(c2ccc(CN)cc2)CC(C)(C)O1. The lowest BCUT2D eigenvalue weighted by Gasteiger charge is -2.48. The zero-order valence-corrected chi connectivity index (χ0v) is 11.9. The van der Waals surface area contributed by atoms with Crippen LogP contribution in [0.15, 0.2) is 24.3 Å². The molecule has 0 aliphatic carbocycles. The van der Waals surface area contributed by atoms with Gasteiger partial charge >= 0.3 is 0 Å². The maximum absolute atomic E-state index is 6.10. The monoisotopic (exact) mass is 248 g/mol. The number of morpholine rings is 1. The van der Waals surface area contributed by atoms with Crippen molar-refractivity contribution in [2.24, 2.45) is 5.73 Å². The molecule has 0 aromatic heterocycles. The average molecular weight is 248 g/mol. The molecule has 1 aliphatic heterocycles. The van der Waals surface area contributed by atoms with E-state index in [0.717, 1.165) is 13.1 Å². The predicted octanol–water partition coefficient (Wildman–Crippen LogP) is 2.54. The summed E-state index contributed by atoms with van der Waals surface area (Å²) in [6.07, 6.45) is 0. The number of ether oxygens (including phenoxy) is 1. The first kappa shape index (κ1) is 13.4. The fraction of sp³-hybridized carbons (Fsp3) is 0.600. The van der Waals surface area contributed by atoms with Gasteiger partial charge in [-0.3, -0.25) is 0 Å². The summed E-state index contributed by atoms with van der Waals surface area (Å²) in [7, 11) is 0. The minimum absolute atomic E-state index is 0.117. The molecule has 1 aromatic rings. The molecule has 0 bridgehead atoms. The van der Waals surface area contributed by atoms with Crippen molar-refractivity contribution in [2.75, 3.05) is 18.0 Å². The normalized spacial score (nSPS) is 21.9. The van der Waals surface area contributed by atoms with Gasteiger partial charge in [0.25, 0.3) is 0 Å². The van der Waals surface area contributed by atoms with Crippen molar-refractivity contribution in [1.82, 2.24) is 0 Å². The van der Waals surface area contributed by atoms with Crippen LogP contribution in [0, 0.1) is 0 Å². The second-order valence-corrected chi connectivity index (χ2v) is 6.35. The minimum Gasteiger partial charge on any atom is -0.366 e. The highest BCUT2D eigenvalue weighted by Gasteiger charge is 2.38. The largest absolute Gasteiger partial charge is 0.366 e. The van der Waals surface area contributed by atoms with Gasteiger partial charge in [-0.2, -0.15) is 0 Å². The molecule has 0 spiro atoms. The predicted molar refractivity (Wildman–Crippen MR) is 75.8 cm³/mol. The second-order valence-electron chi connectivity index (χ2n) is 6.35. The molecule has 3 nitrogen and oxygen atoms in total. The molecule has 2 N–H and O–H groups in total. The molecule has 18 heavy (non-hydrogen) atoms. The van der Waals surface area contributed by atoms with Crippen LogP contribution in [0.4, 0.5) is 5.69 Å². The first-order chi connectivity index (χ1) is 8.31. The van der Waals surface area contributed by atoms with E-state index in [1.54, 1.807) is 0 Å². The summed E-state index contributed by atoms with van der Waals surface area (Å²) in [6, 6.07) is 8.51. The zero-order valence-electron chi connectivity index (χ0n) is 11.9. The Balaban J connectivity index is 2.21. The molecule has 1 aliphatic rings. The lowest BCUT2D eigenvalue weighted by atomic mass is 9.98. The van der Waals surface area contributed by atoms with Gasteiger partial charge in [0.1, 0.15) is 0 Å². The molecule has 3 heteroatoms.